The predicted molar refractivity (Wildman–Crippen MR) is 79.2 cm³/mol. The predicted octanol–water partition coefficient (Wildman–Crippen LogP) is 1.66. The van der Waals surface area contributed by atoms with Crippen LogP contribution in [0.25, 0.3) is 0 Å². The van der Waals surface area contributed by atoms with Gasteiger partial charge in [0, 0.05) is 22.6 Å². The summed E-state index contributed by atoms with van der Waals surface area (Å²) in [6, 6.07) is 4.04. The van der Waals surface area contributed by atoms with Crippen LogP contribution < -0.4 is 0 Å². The second-order valence-corrected chi connectivity index (χ2v) is 8.24. The van der Waals surface area contributed by atoms with E-state index >= 15 is 0 Å². The molecule has 0 aromatic heterocycles. The molecule has 0 bridgehead atoms. The second kappa shape index (κ2) is 6.41. The fourth-order valence-corrected chi connectivity index (χ4v) is 4.60. The van der Waals surface area contributed by atoms with Crippen LogP contribution in [0.4, 0.5) is 4.39 Å². The Labute approximate surface area is 130 Å². The Bertz CT molecular complexity index is 650. The Morgan fingerprint density at radius 3 is 2.76 bits per heavy atom. The molecule has 8 heteroatoms. The summed E-state index contributed by atoms with van der Waals surface area (Å²) in [4.78, 5) is 12.5. The number of hydrogen-bond acceptors (Lipinski definition) is 4. The van der Waals surface area contributed by atoms with E-state index in [0.717, 1.165) is 0 Å². The average Bonchev–Trinajstić information content (AvgIpc) is 2.73. The van der Waals surface area contributed by atoms with E-state index in [2.05, 4.69) is 15.9 Å². The molecule has 1 unspecified atom stereocenters. The van der Waals surface area contributed by atoms with Crippen molar-refractivity contribution in [2.45, 2.75) is 19.0 Å². The topological polar surface area (TPSA) is 74.7 Å². The summed E-state index contributed by atoms with van der Waals surface area (Å²) in [5.41, 5.74) is 0.343. The zero-order valence-electron chi connectivity index (χ0n) is 11.1. The lowest BCUT2D eigenvalue weighted by molar-refractivity contribution is -0.139. The first-order valence-corrected chi connectivity index (χ1v) is 8.98. The highest BCUT2D eigenvalue weighted by Crippen LogP contribution is 2.22. The van der Waals surface area contributed by atoms with Gasteiger partial charge in [-0.25, -0.2) is 12.8 Å². The van der Waals surface area contributed by atoms with Crippen molar-refractivity contribution >= 4 is 31.7 Å². The van der Waals surface area contributed by atoms with E-state index in [1.807, 2.05) is 0 Å². The van der Waals surface area contributed by atoms with Gasteiger partial charge in [0.05, 0.1) is 18.1 Å². The van der Waals surface area contributed by atoms with Crippen LogP contribution in [-0.2, 0) is 21.2 Å². The van der Waals surface area contributed by atoms with Crippen LogP contribution in [0.3, 0.4) is 0 Å². The molecule has 1 fully saturated rings. The van der Waals surface area contributed by atoms with Crippen molar-refractivity contribution in [2.75, 3.05) is 18.1 Å². The van der Waals surface area contributed by atoms with Crippen LogP contribution in [0.1, 0.15) is 12.0 Å². The van der Waals surface area contributed by atoms with E-state index in [1.54, 1.807) is 12.1 Å². The van der Waals surface area contributed by atoms with Crippen LogP contribution in [0.5, 0.6) is 0 Å². The SMILES string of the molecule is O=C(O)CN(Cc1cc(Br)ccc1F)C1CCS(=O)(=O)C1. The van der Waals surface area contributed by atoms with Crippen LogP contribution in [0, 0.1) is 5.82 Å². The van der Waals surface area contributed by atoms with Crippen molar-refractivity contribution in [3.05, 3.63) is 34.1 Å². The van der Waals surface area contributed by atoms with Gasteiger partial charge in [0.2, 0.25) is 0 Å². The van der Waals surface area contributed by atoms with Crippen molar-refractivity contribution in [1.82, 2.24) is 4.90 Å². The van der Waals surface area contributed by atoms with E-state index in [-0.39, 0.29) is 30.6 Å². The third kappa shape index (κ3) is 4.49. The number of carboxylic acids is 1. The van der Waals surface area contributed by atoms with Gasteiger partial charge in [0.15, 0.2) is 9.84 Å². The molecule has 5 nitrogen and oxygen atoms in total. The van der Waals surface area contributed by atoms with Crippen LogP contribution in [0.2, 0.25) is 0 Å². The quantitative estimate of drug-likeness (QED) is 0.841. The van der Waals surface area contributed by atoms with E-state index < -0.39 is 21.6 Å². The molecule has 1 aromatic rings. The zero-order valence-corrected chi connectivity index (χ0v) is 13.5. The molecule has 0 saturated carbocycles. The summed E-state index contributed by atoms with van der Waals surface area (Å²) < 4.78 is 37.6. The van der Waals surface area contributed by atoms with Crippen LogP contribution in [-0.4, -0.2) is 48.5 Å². The number of halogens is 2. The molecule has 0 aliphatic carbocycles. The lowest BCUT2D eigenvalue weighted by Crippen LogP contribution is -2.39. The minimum atomic E-state index is -3.12. The number of carbonyl (C=O) groups is 1. The Morgan fingerprint density at radius 2 is 2.19 bits per heavy atom. The minimum absolute atomic E-state index is 0.0503. The van der Waals surface area contributed by atoms with Gasteiger partial charge in [0.25, 0.3) is 0 Å². The molecule has 1 saturated heterocycles. The number of carboxylic acid groups (broad SMARTS) is 1. The van der Waals surface area contributed by atoms with Gasteiger partial charge in [-0.05, 0) is 24.6 Å². The van der Waals surface area contributed by atoms with Crippen molar-refractivity contribution in [3.63, 3.8) is 0 Å². The molecular formula is C13H15BrFNO4S. The van der Waals surface area contributed by atoms with Crippen molar-refractivity contribution in [2.24, 2.45) is 0 Å². The highest BCUT2D eigenvalue weighted by molar-refractivity contribution is 9.10. The molecule has 116 valence electrons. The van der Waals surface area contributed by atoms with Gasteiger partial charge in [-0.3, -0.25) is 9.69 Å². The largest absolute Gasteiger partial charge is 0.480 e. The molecule has 1 aromatic carbocycles. The average molecular weight is 380 g/mol. The maximum Gasteiger partial charge on any atom is 0.317 e. The van der Waals surface area contributed by atoms with Crippen LogP contribution in [0.15, 0.2) is 22.7 Å². The number of nitrogens with zero attached hydrogens (tertiary/aromatic N) is 1. The molecule has 1 aliphatic rings. The van der Waals surface area contributed by atoms with Gasteiger partial charge in [0.1, 0.15) is 5.82 Å². The summed E-state index contributed by atoms with van der Waals surface area (Å²) in [6.45, 7) is -0.246. The van der Waals surface area contributed by atoms with Gasteiger partial charge in [-0.2, -0.15) is 0 Å². The highest BCUT2D eigenvalue weighted by Gasteiger charge is 2.33. The van der Waals surface area contributed by atoms with Gasteiger partial charge >= 0.3 is 5.97 Å². The first-order chi connectivity index (χ1) is 9.77. The van der Waals surface area contributed by atoms with Gasteiger partial charge in [-0.15, -0.1) is 0 Å². The second-order valence-electron chi connectivity index (χ2n) is 5.09. The Kier molecular flexibility index (Phi) is 5.00. The van der Waals surface area contributed by atoms with E-state index in [9.17, 15) is 17.6 Å². The fourth-order valence-electron chi connectivity index (χ4n) is 2.43. The molecule has 1 atom stereocenters. The molecule has 0 spiro atoms. The molecular weight excluding hydrogens is 365 g/mol. The summed E-state index contributed by atoms with van der Waals surface area (Å²) in [7, 11) is -3.12. The molecule has 1 N–H and O–H groups in total. The molecule has 21 heavy (non-hydrogen) atoms. The molecule has 1 heterocycles. The molecule has 0 amide bonds. The maximum absolute atomic E-state index is 13.8. The number of aliphatic carboxylic acids is 1. The van der Waals surface area contributed by atoms with Gasteiger partial charge < -0.3 is 5.11 Å². The molecule has 1 aliphatic heterocycles. The highest BCUT2D eigenvalue weighted by atomic mass is 79.9. The minimum Gasteiger partial charge on any atom is -0.480 e. The first-order valence-electron chi connectivity index (χ1n) is 6.37. The Morgan fingerprint density at radius 1 is 1.48 bits per heavy atom. The van der Waals surface area contributed by atoms with E-state index in [0.29, 0.717) is 16.5 Å². The summed E-state index contributed by atoms with van der Waals surface area (Å²) >= 11 is 3.24. The number of hydrogen-bond donors (Lipinski definition) is 1. The van der Waals surface area contributed by atoms with E-state index in [4.69, 9.17) is 5.11 Å². The Balaban J connectivity index is 2.20. The van der Waals surface area contributed by atoms with Crippen molar-refractivity contribution in [1.29, 1.82) is 0 Å². The zero-order chi connectivity index (χ0) is 15.6. The lowest BCUT2D eigenvalue weighted by atomic mass is 10.1. The number of rotatable bonds is 5. The first kappa shape index (κ1) is 16.4. The smallest absolute Gasteiger partial charge is 0.317 e. The van der Waals surface area contributed by atoms with E-state index in [1.165, 1.54) is 11.0 Å². The normalized spacial score (nSPS) is 20.8. The maximum atomic E-state index is 13.8. The van der Waals surface area contributed by atoms with Crippen LogP contribution >= 0.6 is 15.9 Å². The molecule has 0 radical (unpaired) electrons. The number of benzene rings is 1. The summed E-state index contributed by atoms with van der Waals surface area (Å²) in [6.07, 6.45) is 0.380. The summed E-state index contributed by atoms with van der Waals surface area (Å²) in [5.74, 6) is -1.52. The third-order valence-corrected chi connectivity index (χ3v) is 5.69. The fraction of sp³-hybridized carbons (Fsp3) is 0.462. The summed E-state index contributed by atoms with van der Waals surface area (Å²) in [5, 5.41) is 8.98. The Hall–Kier alpha value is -0.990. The monoisotopic (exact) mass is 379 g/mol. The standard InChI is InChI=1S/C13H15BrFNO4S/c14-10-1-2-12(15)9(5-10)6-16(7-13(17)18)11-3-4-21(19,20)8-11/h1-2,5,11H,3-4,6-8H2,(H,17,18). The number of sulfone groups is 1. The van der Waals surface area contributed by atoms with Crippen molar-refractivity contribution in [3.8, 4) is 0 Å². The third-order valence-electron chi connectivity index (χ3n) is 3.44. The molecule has 2 rings (SSSR count). The lowest BCUT2D eigenvalue weighted by Gasteiger charge is -2.26. The van der Waals surface area contributed by atoms with Gasteiger partial charge in [-0.1, -0.05) is 15.9 Å². The van der Waals surface area contributed by atoms with Crippen molar-refractivity contribution < 1.29 is 22.7 Å².